The molecule has 0 atom stereocenters. The van der Waals surface area contributed by atoms with Crippen molar-refractivity contribution in [3.63, 3.8) is 0 Å². The molecule has 0 saturated heterocycles. The van der Waals surface area contributed by atoms with Crippen LogP contribution >= 0.6 is 0 Å². The average molecular weight is 281 g/mol. The Labute approximate surface area is 111 Å². The molecular weight excluding hydrogens is 259 g/mol. The fourth-order valence-corrected chi connectivity index (χ4v) is 2.06. The summed E-state index contributed by atoms with van der Waals surface area (Å²) in [5.41, 5.74) is 5.71. The topological polar surface area (TPSA) is 59.6 Å². The van der Waals surface area contributed by atoms with E-state index in [4.69, 9.17) is 5.73 Å². The van der Waals surface area contributed by atoms with E-state index >= 15 is 0 Å². The van der Waals surface area contributed by atoms with Crippen molar-refractivity contribution >= 4 is 5.96 Å². The maximum atomic E-state index is 11.8. The molecule has 112 valence electrons. The van der Waals surface area contributed by atoms with Crippen LogP contribution in [-0.4, -0.2) is 37.9 Å². The minimum Gasteiger partial charge on any atom is -0.372 e. The van der Waals surface area contributed by atoms with Crippen LogP contribution in [0, 0.1) is 0 Å². The maximum Gasteiger partial charge on any atom is 0.411 e. The van der Waals surface area contributed by atoms with Crippen molar-refractivity contribution < 1.29 is 17.9 Å². The van der Waals surface area contributed by atoms with E-state index in [2.05, 4.69) is 15.0 Å². The molecule has 1 aliphatic carbocycles. The normalized spacial score (nSPS) is 18.6. The van der Waals surface area contributed by atoms with Gasteiger partial charge < -0.3 is 15.8 Å². The number of aliphatic imine (C=N–C) groups is 1. The van der Waals surface area contributed by atoms with Gasteiger partial charge >= 0.3 is 6.18 Å². The van der Waals surface area contributed by atoms with Gasteiger partial charge in [-0.2, -0.15) is 13.2 Å². The smallest absolute Gasteiger partial charge is 0.372 e. The number of nitrogens with two attached hydrogens (primary N) is 1. The quantitative estimate of drug-likeness (QED) is 0.446. The zero-order valence-electron chi connectivity index (χ0n) is 11.0. The molecule has 1 aliphatic rings. The van der Waals surface area contributed by atoms with Gasteiger partial charge in [-0.25, -0.2) is 0 Å². The zero-order chi connectivity index (χ0) is 14.1. The lowest BCUT2D eigenvalue weighted by Gasteiger charge is -2.23. The molecule has 0 aliphatic heterocycles. The molecule has 0 aromatic carbocycles. The van der Waals surface area contributed by atoms with E-state index in [0.29, 0.717) is 25.0 Å². The first-order valence-corrected chi connectivity index (χ1v) is 6.68. The van der Waals surface area contributed by atoms with E-state index in [-0.39, 0.29) is 6.61 Å². The first kappa shape index (κ1) is 16.1. The molecule has 0 heterocycles. The van der Waals surface area contributed by atoms with Crippen LogP contribution in [0.2, 0.25) is 0 Å². The van der Waals surface area contributed by atoms with Gasteiger partial charge in [0, 0.05) is 19.2 Å². The third-order valence-electron chi connectivity index (χ3n) is 2.95. The Balaban J connectivity index is 2.04. The number of rotatable bonds is 6. The highest BCUT2D eigenvalue weighted by molar-refractivity contribution is 5.78. The molecule has 0 spiro atoms. The lowest BCUT2D eigenvalue weighted by Crippen LogP contribution is -2.41. The summed E-state index contributed by atoms with van der Waals surface area (Å²) >= 11 is 0. The van der Waals surface area contributed by atoms with Gasteiger partial charge in [0.2, 0.25) is 0 Å². The van der Waals surface area contributed by atoms with Crippen LogP contribution in [0.25, 0.3) is 0 Å². The molecule has 4 nitrogen and oxygen atoms in total. The van der Waals surface area contributed by atoms with Gasteiger partial charge in [-0.1, -0.05) is 19.3 Å². The van der Waals surface area contributed by atoms with Crippen LogP contribution in [0.5, 0.6) is 0 Å². The molecule has 3 N–H and O–H groups in total. The maximum absolute atomic E-state index is 11.8. The lowest BCUT2D eigenvalue weighted by molar-refractivity contribution is -0.173. The van der Waals surface area contributed by atoms with E-state index in [1.807, 2.05) is 0 Å². The summed E-state index contributed by atoms with van der Waals surface area (Å²) in [6.07, 6.45) is 2.06. The van der Waals surface area contributed by atoms with Gasteiger partial charge in [0.1, 0.15) is 6.61 Å². The van der Waals surface area contributed by atoms with E-state index in [1.54, 1.807) is 0 Å². The van der Waals surface area contributed by atoms with Gasteiger partial charge in [-0.05, 0) is 19.3 Å². The molecule has 1 rings (SSSR count). The third-order valence-corrected chi connectivity index (χ3v) is 2.95. The van der Waals surface area contributed by atoms with Crippen molar-refractivity contribution in [1.82, 2.24) is 5.32 Å². The zero-order valence-corrected chi connectivity index (χ0v) is 11.0. The highest BCUT2D eigenvalue weighted by Crippen LogP contribution is 2.17. The molecule has 0 bridgehead atoms. The Bertz CT molecular complexity index is 276. The van der Waals surface area contributed by atoms with E-state index < -0.39 is 12.8 Å². The SMILES string of the molecule is NC(=NCCCOCC(F)(F)F)NC1CCCCC1. The fraction of sp³-hybridized carbons (Fsp3) is 0.917. The first-order chi connectivity index (χ1) is 8.97. The number of nitrogens with zero attached hydrogens (tertiary/aromatic N) is 1. The predicted octanol–water partition coefficient (Wildman–Crippen LogP) is 2.19. The number of hydrogen-bond donors (Lipinski definition) is 2. The van der Waals surface area contributed by atoms with Crippen LogP contribution in [0.15, 0.2) is 4.99 Å². The van der Waals surface area contributed by atoms with Crippen LogP contribution in [-0.2, 0) is 4.74 Å². The van der Waals surface area contributed by atoms with Crippen molar-refractivity contribution in [2.24, 2.45) is 10.7 Å². The number of hydrogen-bond acceptors (Lipinski definition) is 2. The second-order valence-electron chi connectivity index (χ2n) is 4.77. The highest BCUT2D eigenvalue weighted by atomic mass is 19.4. The van der Waals surface area contributed by atoms with Crippen LogP contribution in [0.4, 0.5) is 13.2 Å². The van der Waals surface area contributed by atoms with Gasteiger partial charge in [-0.3, -0.25) is 4.99 Å². The second-order valence-corrected chi connectivity index (χ2v) is 4.77. The van der Waals surface area contributed by atoms with Crippen molar-refractivity contribution in [2.75, 3.05) is 19.8 Å². The molecule has 1 saturated carbocycles. The third kappa shape index (κ3) is 8.69. The largest absolute Gasteiger partial charge is 0.411 e. The predicted molar refractivity (Wildman–Crippen MR) is 68.0 cm³/mol. The Hall–Kier alpha value is -0.980. The molecule has 19 heavy (non-hydrogen) atoms. The van der Waals surface area contributed by atoms with E-state index in [0.717, 1.165) is 12.8 Å². The van der Waals surface area contributed by atoms with Crippen molar-refractivity contribution in [2.45, 2.75) is 50.7 Å². The van der Waals surface area contributed by atoms with Gasteiger partial charge in [-0.15, -0.1) is 0 Å². The molecule has 0 radical (unpaired) electrons. The summed E-state index contributed by atoms with van der Waals surface area (Å²) < 4.78 is 39.8. The van der Waals surface area contributed by atoms with E-state index in [9.17, 15) is 13.2 Å². The number of alkyl halides is 3. The van der Waals surface area contributed by atoms with Crippen molar-refractivity contribution in [3.8, 4) is 0 Å². The Morgan fingerprint density at radius 3 is 2.58 bits per heavy atom. The van der Waals surface area contributed by atoms with Crippen LogP contribution < -0.4 is 11.1 Å². The minimum atomic E-state index is -4.26. The summed E-state index contributed by atoms with van der Waals surface area (Å²) in [5.74, 6) is 0.378. The fourth-order valence-electron chi connectivity index (χ4n) is 2.06. The molecule has 0 amide bonds. The summed E-state index contributed by atoms with van der Waals surface area (Å²) in [7, 11) is 0. The molecule has 0 aromatic rings. The molecule has 0 aromatic heterocycles. The van der Waals surface area contributed by atoms with Gasteiger partial charge in [0.05, 0.1) is 0 Å². The number of guanidine groups is 1. The molecule has 7 heteroatoms. The van der Waals surface area contributed by atoms with Crippen LogP contribution in [0.1, 0.15) is 38.5 Å². The van der Waals surface area contributed by atoms with Gasteiger partial charge in [0.15, 0.2) is 5.96 Å². The number of halogens is 3. The Morgan fingerprint density at radius 2 is 1.95 bits per heavy atom. The molecule has 0 unspecified atom stereocenters. The summed E-state index contributed by atoms with van der Waals surface area (Å²) in [5, 5.41) is 3.14. The first-order valence-electron chi connectivity index (χ1n) is 6.68. The minimum absolute atomic E-state index is 0.0414. The summed E-state index contributed by atoms with van der Waals surface area (Å²) in [6, 6.07) is 0.388. The lowest BCUT2D eigenvalue weighted by atomic mass is 9.96. The molecule has 1 fully saturated rings. The molecular formula is C12H22F3N3O. The van der Waals surface area contributed by atoms with E-state index in [1.165, 1.54) is 19.3 Å². The van der Waals surface area contributed by atoms with Crippen LogP contribution in [0.3, 0.4) is 0 Å². The second kappa shape index (κ2) is 8.24. The summed E-state index contributed by atoms with van der Waals surface area (Å²) in [6.45, 7) is -0.782. The van der Waals surface area contributed by atoms with Crippen molar-refractivity contribution in [1.29, 1.82) is 0 Å². The Morgan fingerprint density at radius 1 is 1.26 bits per heavy atom. The number of nitrogens with one attached hydrogen (secondary N) is 1. The monoisotopic (exact) mass is 281 g/mol. The Kier molecular flexibility index (Phi) is 6.97. The average Bonchev–Trinajstić information content (AvgIpc) is 2.33. The van der Waals surface area contributed by atoms with Crippen molar-refractivity contribution in [3.05, 3.63) is 0 Å². The number of ether oxygens (including phenoxy) is 1. The standard InChI is InChI=1S/C12H22F3N3O/c13-12(14,15)9-19-8-4-7-17-11(16)18-10-5-2-1-3-6-10/h10H,1-9H2,(H3,16,17,18). The summed E-state index contributed by atoms with van der Waals surface area (Å²) in [4.78, 5) is 4.07. The highest BCUT2D eigenvalue weighted by Gasteiger charge is 2.27. The van der Waals surface area contributed by atoms with Gasteiger partial charge in [0.25, 0.3) is 0 Å².